The lowest BCUT2D eigenvalue weighted by Crippen LogP contribution is -1.96. The van der Waals surface area contributed by atoms with Gasteiger partial charge >= 0.3 is 0 Å². The summed E-state index contributed by atoms with van der Waals surface area (Å²) in [5, 5.41) is 0.109. The van der Waals surface area contributed by atoms with Crippen molar-refractivity contribution >= 4 is 34.2 Å². The predicted molar refractivity (Wildman–Crippen MR) is 51.7 cm³/mol. The summed E-state index contributed by atoms with van der Waals surface area (Å²) in [6.07, 6.45) is -1.08. The molecule has 5 heteroatoms. The molecule has 0 saturated heterocycles. The molecule has 0 N–H and O–H groups in total. The van der Waals surface area contributed by atoms with E-state index in [1.807, 2.05) is 22.6 Å². The van der Waals surface area contributed by atoms with E-state index in [9.17, 15) is 8.78 Å². The lowest BCUT2D eigenvalue weighted by atomic mass is 10.2. The van der Waals surface area contributed by atoms with E-state index in [1.54, 1.807) is 0 Å². The highest BCUT2D eigenvalue weighted by molar-refractivity contribution is 14.1. The van der Waals surface area contributed by atoms with E-state index in [1.165, 1.54) is 13.1 Å². The van der Waals surface area contributed by atoms with Crippen molar-refractivity contribution in [2.75, 3.05) is 0 Å². The number of hydrogen-bond donors (Lipinski definition) is 0. The Bertz CT molecular complexity index is 304. The molecule has 66 valence electrons. The lowest BCUT2D eigenvalue weighted by Gasteiger charge is -2.06. The summed E-state index contributed by atoms with van der Waals surface area (Å²) in [6.45, 7) is 1.52. The summed E-state index contributed by atoms with van der Waals surface area (Å²) in [5.74, 6) is 0. The molecule has 0 radical (unpaired) electrons. The summed E-state index contributed by atoms with van der Waals surface area (Å²) in [4.78, 5) is 3.79. The van der Waals surface area contributed by atoms with Gasteiger partial charge in [0, 0.05) is 11.9 Å². The molecule has 0 aromatic carbocycles. The highest BCUT2D eigenvalue weighted by Crippen LogP contribution is 2.31. The molecule has 12 heavy (non-hydrogen) atoms. The van der Waals surface area contributed by atoms with Gasteiger partial charge in [-0.25, -0.2) is 8.78 Å². The van der Waals surface area contributed by atoms with E-state index in [0.717, 1.165) is 0 Å². The Labute approximate surface area is 87.3 Å². The Morgan fingerprint density at radius 3 is 2.58 bits per heavy atom. The zero-order valence-corrected chi connectivity index (χ0v) is 9.03. The van der Waals surface area contributed by atoms with Crippen molar-refractivity contribution in [3.05, 3.63) is 26.0 Å². The normalized spacial score (nSPS) is 10.8. The van der Waals surface area contributed by atoms with Crippen LogP contribution in [0.2, 0.25) is 5.02 Å². The standard InChI is InChI=1S/C7H5ClF2IN/c1-3-5(7(9)10)6(8)4(11)2-12-3/h2,7H,1H3. The molecule has 1 rings (SSSR count). The molecule has 1 aromatic rings. The van der Waals surface area contributed by atoms with Gasteiger partial charge in [0.15, 0.2) is 0 Å². The van der Waals surface area contributed by atoms with Gasteiger partial charge in [-0.2, -0.15) is 0 Å². The van der Waals surface area contributed by atoms with Gasteiger partial charge in [0.1, 0.15) is 0 Å². The molecule has 0 aliphatic heterocycles. The summed E-state index contributed by atoms with van der Waals surface area (Å²) in [5.41, 5.74) is 0.124. The van der Waals surface area contributed by atoms with E-state index >= 15 is 0 Å². The maximum atomic E-state index is 12.3. The van der Waals surface area contributed by atoms with Crippen molar-refractivity contribution in [1.29, 1.82) is 0 Å². The molecule has 1 nitrogen and oxygen atoms in total. The van der Waals surface area contributed by atoms with Gasteiger partial charge in [-0.15, -0.1) is 0 Å². The Morgan fingerprint density at radius 1 is 1.58 bits per heavy atom. The van der Waals surface area contributed by atoms with Crippen LogP contribution >= 0.6 is 34.2 Å². The first-order valence-corrected chi connectivity index (χ1v) is 4.58. The van der Waals surface area contributed by atoms with E-state index in [4.69, 9.17) is 11.6 Å². The minimum absolute atomic E-state index is 0.109. The Balaban J connectivity index is 3.33. The lowest BCUT2D eigenvalue weighted by molar-refractivity contribution is 0.150. The molecule has 0 aliphatic carbocycles. The molecule has 0 amide bonds. The smallest absolute Gasteiger partial charge is 0.260 e. The van der Waals surface area contributed by atoms with Gasteiger partial charge in [-0.1, -0.05) is 11.6 Å². The third kappa shape index (κ3) is 1.85. The van der Waals surface area contributed by atoms with Crippen LogP contribution in [0.15, 0.2) is 6.20 Å². The van der Waals surface area contributed by atoms with Crippen molar-refractivity contribution in [2.24, 2.45) is 0 Å². The first-order chi connectivity index (χ1) is 5.54. The Morgan fingerprint density at radius 2 is 2.17 bits per heavy atom. The van der Waals surface area contributed by atoms with Crippen LogP contribution in [0, 0.1) is 10.5 Å². The van der Waals surface area contributed by atoms with Crippen molar-refractivity contribution in [2.45, 2.75) is 13.3 Å². The number of rotatable bonds is 1. The number of hydrogen-bond acceptors (Lipinski definition) is 1. The van der Waals surface area contributed by atoms with Crippen molar-refractivity contribution in [1.82, 2.24) is 4.98 Å². The molecular weight excluding hydrogens is 298 g/mol. The molecular formula is C7H5ClF2IN. The number of aryl methyl sites for hydroxylation is 1. The van der Waals surface area contributed by atoms with Crippen molar-refractivity contribution in [3.8, 4) is 0 Å². The quantitative estimate of drug-likeness (QED) is 0.723. The van der Waals surface area contributed by atoms with Crippen molar-refractivity contribution < 1.29 is 8.78 Å². The Kier molecular flexibility index (Phi) is 3.22. The number of alkyl halides is 2. The first kappa shape index (κ1) is 10.1. The zero-order valence-electron chi connectivity index (χ0n) is 6.11. The van der Waals surface area contributed by atoms with Crippen LogP contribution in [0.25, 0.3) is 0 Å². The van der Waals surface area contributed by atoms with E-state index < -0.39 is 6.43 Å². The molecule has 0 unspecified atom stereocenters. The highest BCUT2D eigenvalue weighted by Gasteiger charge is 2.17. The zero-order chi connectivity index (χ0) is 9.30. The van der Waals surface area contributed by atoms with Crippen molar-refractivity contribution in [3.63, 3.8) is 0 Å². The SMILES string of the molecule is Cc1ncc(I)c(Cl)c1C(F)F. The third-order valence-electron chi connectivity index (χ3n) is 1.43. The van der Waals surface area contributed by atoms with Gasteiger partial charge < -0.3 is 0 Å². The maximum Gasteiger partial charge on any atom is 0.267 e. The summed E-state index contributed by atoms with van der Waals surface area (Å²) < 4.78 is 25.2. The summed E-state index contributed by atoms with van der Waals surface area (Å²) in [6, 6.07) is 0. The van der Waals surface area contributed by atoms with Crippen LogP contribution in [-0.2, 0) is 0 Å². The molecule has 0 fully saturated rings. The number of pyridine rings is 1. The fourth-order valence-electron chi connectivity index (χ4n) is 0.821. The van der Waals surface area contributed by atoms with Crippen LogP contribution in [0.1, 0.15) is 17.7 Å². The second-order valence-electron chi connectivity index (χ2n) is 2.22. The second kappa shape index (κ2) is 3.83. The first-order valence-electron chi connectivity index (χ1n) is 3.12. The number of halogens is 4. The third-order valence-corrected chi connectivity index (χ3v) is 2.97. The average Bonchev–Trinajstić information content (AvgIpc) is 1.97. The van der Waals surface area contributed by atoms with Crippen LogP contribution in [0.5, 0.6) is 0 Å². The largest absolute Gasteiger partial charge is 0.267 e. The van der Waals surface area contributed by atoms with Crippen LogP contribution in [0.4, 0.5) is 8.78 Å². The van der Waals surface area contributed by atoms with Gasteiger partial charge in [0.05, 0.1) is 14.2 Å². The monoisotopic (exact) mass is 303 g/mol. The van der Waals surface area contributed by atoms with Crippen LogP contribution in [0.3, 0.4) is 0 Å². The number of nitrogens with zero attached hydrogens (tertiary/aromatic N) is 1. The molecule has 1 aromatic heterocycles. The van der Waals surface area contributed by atoms with Crippen LogP contribution in [-0.4, -0.2) is 4.98 Å². The topological polar surface area (TPSA) is 12.9 Å². The maximum absolute atomic E-state index is 12.3. The summed E-state index contributed by atoms with van der Waals surface area (Å²) >= 11 is 7.54. The minimum atomic E-state index is -2.56. The fourth-order valence-corrected chi connectivity index (χ4v) is 1.52. The van der Waals surface area contributed by atoms with E-state index in [-0.39, 0.29) is 16.3 Å². The van der Waals surface area contributed by atoms with E-state index in [0.29, 0.717) is 3.57 Å². The van der Waals surface area contributed by atoms with Crippen LogP contribution < -0.4 is 0 Å². The summed E-state index contributed by atoms with van der Waals surface area (Å²) in [7, 11) is 0. The van der Waals surface area contributed by atoms with Gasteiger partial charge in [0.25, 0.3) is 6.43 Å². The fraction of sp³-hybridized carbons (Fsp3) is 0.286. The highest BCUT2D eigenvalue weighted by atomic mass is 127. The minimum Gasteiger partial charge on any atom is -0.260 e. The Hall–Kier alpha value is 0.0300. The van der Waals surface area contributed by atoms with Gasteiger partial charge in [0.2, 0.25) is 0 Å². The van der Waals surface area contributed by atoms with Gasteiger partial charge in [-0.3, -0.25) is 4.98 Å². The molecule has 0 aliphatic rings. The van der Waals surface area contributed by atoms with Gasteiger partial charge in [-0.05, 0) is 29.5 Å². The molecule has 0 bridgehead atoms. The molecule has 0 atom stereocenters. The average molecular weight is 303 g/mol. The number of aromatic nitrogens is 1. The van der Waals surface area contributed by atoms with E-state index in [2.05, 4.69) is 4.98 Å². The second-order valence-corrected chi connectivity index (χ2v) is 3.76. The predicted octanol–water partition coefficient (Wildman–Crippen LogP) is 3.59. The molecule has 0 spiro atoms. The molecule has 1 heterocycles. The molecule has 0 saturated carbocycles.